The van der Waals surface area contributed by atoms with Gasteiger partial charge in [0, 0.05) is 40.2 Å². The van der Waals surface area contributed by atoms with Crippen LogP contribution in [0.1, 0.15) is 30.0 Å². The maximum absolute atomic E-state index is 14.3. The summed E-state index contributed by atoms with van der Waals surface area (Å²) in [6.07, 6.45) is 2.39. The number of phenolic OH excluding ortho intramolecular Hbond substituents is 1. The molecule has 2 N–H and O–H groups in total. The summed E-state index contributed by atoms with van der Waals surface area (Å²) in [6.45, 7) is 3.26. The standard InChI is InChI=1S/C35H43N7O4S/c1-5-19-40(34(46)36-21-26-11-7-6-8-12-26)41-24-32(44)42-30(20-25-15-17-28(43)18-16-25)33(45)39(23-31(41)42)22-27-13-9-10-14-29(27)37-35(47-4)38(2)3/h6-18,30-31,43H,5,19-24H2,1-4H3,(H,36,46)/b37-35-/t30-,31+/m0/s1. The number of piperazine rings is 1. The molecule has 2 aliphatic rings. The quantitative estimate of drug-likeness (QED) is 0.248. The predicted molar refractivity (Wildman–Crippen MR) is 185 cm³/mol. The normalized spacial score (nSPS) is 18.3. The van der Waals surface area contributed by atoms with Gasteiger partial charge in [-0.15, -0.1) is 0 Å². The summed E-state index contributed by atoms with van der Waals surface area (Å²) in [5, 5.41) is 17.2. The predicted octanol–water partition coefficient (Wildman–Crippen LogP) is 4.26. The fraction of sp³-hybridized carbons (Fsp3) is 0.371. The number of thioether (sulfide) groups is 1. The van der Waals surface area contributed by atoms with Crippen molar-refractivity contribution in [3.63, 3.8) is 0 Å². The van der Waals surface area contributed by atoms with Gasteiger partial charge in [0.15, 0.2) is 5.17 Å². The second-order valence-electron chi connectivity index (χ2n) is 11.9. The van der Waals surface area contributed by atoms with Crippen LogP contribution in [0.2, 0.25) is 0 Å². The second-order valence-corrected chi connectivity index (χ2v) is 12.6. The minimum atomic E-state index is -0.786. The molecule has 0 bridgehead atoms. The van der Waals surface area contributed by atoms with Crippen molar-refractivity contribution in [1.82, 2.24) is 30.0 Å². The van der Waals surface area contributed by atoms with Gasteiger partial charge in [0.1, 0.15) is 18.0 Å². The number of carbonyl (C=O) groups excluding carboxylic acids is 3. The first-order valence-electron chi connectivity index (χ1n) is 15.8. The third kappa shape index (κ3) is 7.88. The summed E-state index contributed by atoms with van der Waals surface area (Å²) in [5.41, 5.74) is 3.44. The summed E-state index contributed by atoms with van der Waals surface area (Å²) >= 11 is 1.54. The van der Waals surface area contributed by atoms with E-state index >= 15 is 0 Å². The molecule has 0 radical (unpaired) electrons. The molecule has 0 saturated carbocycles. The van der Waals surface area contributed by atoms with Crippen molar-refractivity contribution in [2.75, 3.05) is 40.0 Å². The number of hydrogen-bond donors (Lipinski definition) is 2. The van der Waals surface area contributed by atoms with Gasteiger partial charge in [0.05, 0.1) is 18.8 Å². The van der Waals surface area contributed by atoms with Gasteiger partial charge in [0.2, 0.25) is 11.8 Å². The Morgan fingerprint density at radius 1 is 1.00 bits per heavy atom. The molecule has 11 nitrogen and oxygen atoms in total. The van der Waals surface area contributed by atoms with Crippen molar-refractivity contribution >= 4 is 40.5 Å². The van der Waals surface area contributed by atoms with E-state index in [1.807, 2.05) is 91.8 Å². The SMILES string of the molecule is CCCN(C(=O)NCc1ccccc1)N1CC(=O)N2[C@@H](Cc3ccc(O)cc3)C(=O)N(Cc3ccccc3/N=C(\SC)N(C)C)C[C@@H]21. The monoisotopic (exact) mass is 657 g/mol. The largest absolute Gasteiger partial charge is 0.508 e. The molecule has 2 aliphatic heterocycles. The lowest BCUT2D eigenvalue weighted by atomic mass is 9.99. The zero-order valence-electron chi connectivity index (χ0n) is 27.4. The Kier molecular flexibility index (Phi) is 11.0. The van der Waals surface area contributed by atoms with E-state index in [4.69, 9.17) is 4.99 Å². The number of carbonyl (C=O) groups is 3. The highest BCUT2D eigenvalue weighted by Gasteiger charge is 2.52. The van der Waals surface area contributed by atoms with Crippen molar-refractivity contribution in [1.29, 1.82) is 0 Å². The molecule has 2 heterocycles. The number of rotatable bonds is 10. The zero-order chi connectivity index (χ0) is 33.5. The lowest BCUT2D eigenvalue weighted by molar-refractivity contribution is -0.157. The van der Waals surface area contributed by atoms with Crippen molar-refractivity contribution in [2.24, 2.45) is 4.99 Å². The van der Waals surface area contributed by atoms with Crippen molar-refractivity contribution < 1.29 is 19.5 Å². The maximum Gasteiger partial charge on any atom is 0.332 e. The molecule has 2 fully saturated rings. The van der Waals surface area contributed by atoms with E-state index in [1.165, 1.54) is 0 Å². The van der Waals surface area contributed by atoms with Gasteiger partial charge < -0.3 is 25.1 Å². The summed E-state index contributed by atoms with van der Waals surface area (Å²) in [6, 6.07) is 23.1. The Morgan fingerprint density at radius 2 is 1.70 bits per heavy atom. The van der Waals surface area contributed by atoms with Crippen LogP contribution in [0.4, 0.5) is 10.5 Å². The van der Waals surface area contributed by atoms with E-state index in [0.717, 1.165) is 27.5 Å². The Morgan fingerprint density at radius 3 is 2.38 bits per heavy atom. The highest BCUT2D eigenvalue weighted by Crippen LogP contribution is 2.32. The second kappa shape index (κ2) is 15.4. The molecule has 5 rings (SSSR count). The average molecular weight is 658 g/mol. The summed E-state index contributed by atoms with van der Waals surface area (Å²) in [4.78, 5) is 52.0. The number of fused-ring (bicyclic) bond motifs is 1. The van der Waals surface area contributed by atoms with Crippen LogP contribution in [0.25, 0.3) is 0 Å². The molecule has 3 aromatic rings. The van der Waals surface area contributed by atoms with E-state index in [2.05, 4.69) is 5.32 Å². The molecule has 3 aromatic carbocycles. The van der Waals surface area contributed by atoms with Gasteiger partial charge in [-0.3, -0.25) is 14.6 Å². The topological polar surface area (TPSA) is 112 Å². The van der Waals surface area contributed by atoms with Gasteiger partial charge in [-0.1, -0.05) is 79.3 Å². The number of aromatic hydroxyl groups is 1. The molecule has 248 valence electrons. The number of hydrazine groups is 1. The first kappa shape index (κ1) is 33.8. The summed E-state index contributed by atoms with van der Waals surface area (Å²) < 4.78 is 0. The lowest BCUT2D eigenvalue weighted by Crippen LogP contribution is -2.66. The number of urea groups is 1. The minimum absolute atomic E-state index is 0.0164. The van der Waals surface area contributed by atoms with Crippen LogP contribution in [0.5, 0.6) is 5.75 Å². The molecule has 4 amide bonds. The first-order chi connectivity index (χ1) is 22.7. The molecule has 12 heteroatoms. The molecule has 0 unspecified atom stereocenters. The van der Waals surface area contributed by atoms with Crippen LogP contribution < -0.4 is 5.32 Å². The van der Waals surface area contributed by atoms with Gasteiger partial charge in [-0.05, 0) is 47.6 Å². The number of benzene rings is 3. The Hall–Kier alpha value is -4.55. The highest BCUT2D eigenvalue weighted by molar-refractivity contribution is 8.13. The average Bonchev–Trinajstić information content (AvgIpc) is 3.39. The van der Waals surface area contributed by atoms with Crippen molar-refractivity contribution in [2.45, 2.75) is 45.1 Å². The molecule has 47 heavy (non-hydrogen) atoms. The highest BCUT2D eigenvalue weighted by atomic mass is 32.2. The first-order valence-corrected chi connectivity index (χ1v) is 17.0. The van der Waals surface area contributed by atoms with E-state index in [0.29, 0.717) is 26.1 Å². The third-order valence-corrected chi connectivity index (χ3v) is 9.15. The summed E-state index contributed by atoms with van der Waals surface area (Å²) in [5.74, 6) is -0.246. The van der Waals surface area contributed by atoms with Crippen LogP contribution in [0.3, 0.4) is 0 Å². The maximum atomic E-state index is 14.3. The molecule has 2 atom stereocenters. The number of aliphatic imine (C=N–C) groups is 1. The van der Waals surface area contributed by atoms with Crippen LogP contribution >= 0.6 is 11.8 Å². The Labute approximate surface area is 280 Å². The van der Waals surface area contributed by atoms with Gasteiger partial charge in [0.25, 0.3) is 0 Å². The van der Waals surface area contributed by atoms with Crippen molar-refractivity contribution in [3.8, 4) is 5.75 Å². The molecule has 2 saturated heterocycles. The number of nitrogens with zero attached hydrogens (tertiary/aromatic N) is 6. The van der Waals surface area contributed by atoms with E-state index in [-0.39, 0.29) is 43.1 Å². The molecule has 0 aliphatic carbocycles. The van der Waals surface area contributed by atoms with E-state index in [1.54, 1.807) is 50.8 Å². The van der Waals surface area contributed by atoms with Crippen LogP contribution in [-0.2, 0) is 29.1 Å². The number of nitrogens with one attached hydrogen (secondary N) is 1. The van der Waals surface area contributed by atoms with E-state index < -0.39 is 12.2 Å². The Bertz CT molecular complexity index is 1580. The molecular formula is C35H43N7O4S. The van der Waals surface area contributed by atoms with E-state index in [9.17, 15) is 19.5 Å². The number of para-hydroxylation sites is 1. The number of amidine groups is 1. The lowest BCUT2D eigenvalue weighted by Gasteiger charge is -2.46. The minimum Gasteiger partial charge on any atom is -0.508 e. The van der Waals surface area contributed by atoms with Gasteiger partial charge >= 0.3 is 6.03 Å². The van der Waals surface area contributed by atoms with Crippen LogP contribution in [0, 0.1) is 0 Å². The van der Waals surface area contributed by atoms with Crippen molar-refractivity contribution in [3.05, 3.63) is 95.6 Å². The molecular weight excluding hydrogens is 614 g/mol. The van der Waals surface area contributed by atoms with Crippen LogP contribution in [-0.4, -0.2) is 105 Å². The molecule has 0 spiro atoms. The molecule has 0 aromatic heterocycles. The number of hydrogen-bond acceptors (Lipinski definition) is 7. The number of phenols is 1. The van der Waals surface area contributed by atoms with Gasteiger partial charge in [-0.2, -0.15) is 5.01 Å². The number of amides is 4. The summed E-state index contributed by atoms with van der Waals surface area (Å²) in [7, 11) is 3.89. The fourth-order valence-corrected chi connectivity index (χ4v) is 6.61. The smallest absolute Gasteiger partial charge is 0.332 e. The van der Waals surface area contributed by atoms with Gasteiger partial charge in [-0.25, -0.2) is 9.79 Å². The van der Waals surface area contributed by atoms with Crippen LogP contribution in [0.15, 0.2) is 83.9 Å². The third-order valence-electron chi connectivity index (χ3n) is 8.33. The Balaban J connectivity index is 1.47. The fourth-order valence-electron chi connectivity index (χ4n) is 6.06. The zero-order valence-corrected chi connectivity index (χ0v) is 28.2.